The Morgan fingerprint density at radius 2 is 1.89 bits per heavy atom. The van der Waals surface area contributed by atoms with E-state index in [0.29, 0.717) is 17.8 Å². The van der Waals surface area contributed by atoms with Gasteiger partial charge in [0.1, 0.15) is 0 Å². The number of nitro benzene ring substituents is 1. The third kappa shape index (κ3) is 4.60. The van der Waals surface area contributed by atoms with E-state index < -0.39 is 4.92 Å². The van der Waals surface area contributed by atoms with Gasteiger partial charge in [0, 0.05) is 43.0 Å². The van der Waals surface area contributed by atoms with Crippen molar-refractivity contribution in [2.45, 2.75) is 25.4 Å². The molecule has 0 saturated heterocycles. The van der Waals surface area contributed by atoms with Crippen LogP contribution in [0, 0.1) is 10.1 Å². The second-order valence-corrected chi connectivity index (χ2v) is 6.37. The third-order valence-electron chi connectivity index (χ3n) is 4.35. The van der Waals surface area contributed by atoms with Crippen LogP contribution in [0.15, 0.2) is 48.5 Å². The highest BCUT2D eigenvalue weighted by Crippen LogP contribution is 2.29. The highest BCUT2D eigenvalue weighted by atomic mass is 16.6. The summed E-state index contributed by atoms with van der Waals surface area (Å²) < 4.78 is 0. The van der Waals surface area contributed by atoms with Crippen LogP contribution >= 0.6 is 0 Å². The first-order chi connectivity index (χ1) is 13.0. The van der Waals surface area contributed by atoms with E-state index in [1.807, 2.05) is 12.1 Å². The van der Waals surface area contributed by atoms with E-state index in [9.17, 15) is 19.7 Å². The van der Waals surface area contributed by atoms with E-state index in [1.54, 1.807) is 30.1 Å². The van der Waals surface area contributed by atoms with Gasteiger partial charge in [-0.25, -0.2) is 4.79 Å². The summed E-state index contributed by atoms with van der Waals surface area (Å²) in [7, 11) is 1.57. The van der Waals surface area contributed by atoms with Crippen LogP contribution in [0.2, 0.25) is 0 Å². The van der Waals surface area contributed by atoms with Crippen molar-refractivity contribution >= 4 is 23.3 Å². The maximum atomic E-state index is 12.7. The molecule has 0 aromatic heterocycles. The van der Waals surface area contributed by atoms with Crippen LogP contribution in [0.5, 0.6) is 0 Å². The summed E-state index contributed by atoms with van der Waals surface area (Å²) in [6.45, 7) is 0.402. The Balaban J connectivity index is 1.70. The fourth-order valence-corrected chi connectivity index (χ4v) is 2.75. The standard InChI is InChI=1S/C19H20N4O4/c1-20-18(24)14-7-5-13(6-8-14)12-22(16-9-10-16)19(25)21-15-3-2-4-17(11-15)23(26)27/h2-8,11,16H,9-10,12H2,1H3,(H,20,24)(H,21,25). The van der Waals surface area contributed by atoms with Crippen LogP contribution in [0.25, 0.3) is 0 Å². The van der Waals surface area contributed by atoms with Gasteiger partial charge in [0.25, 0.3) is 11.6 Å². The number of hydrogen-bond donors (Lipinski definition) is 2. The Morgan fingerprint density at radius 3 is 2.48 bits per heavy atom. The zero-order valence-corrected chi connectivity index (χ0v) is 14.8. The minimum atomic E-state index is -0.498. The molecule has 0 bridgehead atoms. The fraction of sp³-hybridized carbons (Fsp3) is 0.263. The Morgan fingerprint density at radius 1 is 1.19 bits per heavy atom. The van der Waals surface area contributed by atoms with Crippen molar-refractivity contribution in [2.75, 3.05) is 12.4 Å². The maximum Gasteiger partial charge on any atom is 0.322 e. The summed E-state index contributed by atoms with van der Waals surface area (Å²) in [6.07, 6.45) is 1.86. The van der Waals surface area contributed by atoms with Crippen molar-refractivity contribution in [1.82, 2.24) is 10.2 Å². The van der Waals surface area contributed by atoms with Gasteiger partial charge in [-0.15, -0.1) is 0 Å². The Kier molecular flexibility index (Phi) is 5.35. The number of nitrogens with zero attached hydrogens (tertiary/aromatic N) is 2. The first-order valence-electron chi connectivity index (χ1n) is 8.61. The minimum absolute atomic E-state index is 0.0736. The molecule has 0 heterocycles. The Bertz CT molecular complexity index is 862. The van der Waals surface area contributed by atoms with Crippen molar-refractivity contribution in [1.29, 1.82) is 0 Å². The highest BCUT2D eigenvalue weighted by Gasteiger charge is 2.32. The molecule has 8 nitrogen and oxygen atoms in total. The molecule has 1 saturated carbocycles. The van der Waals surface area contributed by atoms with Crippen molar-refractivity contribution in [3.05, 3.63) is 69.8 Å². The van der Waals surface area contributed by atoms with Crippen LogP contribution in [-0.4, -0.2) is 34.9 Å². The first-order valence-corrected chi connectivity index (χ1v) is 8.61. The summed E-state index contributed by atoms with van der Waals surface area (Å²) in [6, 6.07) is 12.8. The average molecular weight is 368 g/mol. The summed E-state index contributed by atoms with van der Waals surface area (Å²) >= 11 is 0. The first kappa shape index (κ1) is 18.4. The van der Waals surface area contributed by atoms with E-state index in [1.165, 1.54) is 18.2 Å². The van der Waals surface area contributed by atoms with E-state index >= 15 is 0 Å². The average Bonchev–Trinajstić information content (AvgIpc) is 3.51. The SMILES string of the molecule is CNC(=O)c1ccc(CN(C(=O)Nc2cccc([N+](=O)[O-])c2)C2CC2)cc1. The van der Waals surface area contributed by atoms with E-state index in [0.717, 1.165) is 18.4 Å². The molecule has 2 aromatic rings. The van der Waals surface area contributed by atoms with Crippen molar-refractivity contribution < 1.29 is 14.5 Å². The van der Waals surface area contributed by atoms with Gasteiger partial charge >= 0.3 is 6.03 Å². The number of urea groups is 1. The number of non-ortho nitro benzene ring substituents is 1. The predicted octanol–water partition coefficient (Wildman–Crippen LogP) is 3.15. The molecule has 0 atom stereocenters. The second-order valence-electron chi connectivity index (χ2n) is 6.37. The topological polar surface area (TPSA) is 105 Å². The van der Waals surface area contributed by atoms with Gasteiger partial charge in [0.2, 0.25) is 0 Å². The van der Waals surface area contributed by atoms with Gasteiger partial charge in [0.15, 0.2) is 0 Å². The minimum Gasteiger partial charge on any atom is -0.355 e. The summed E-state index contributed by atoms with van der Waals surface area (Å²) in [4.78, 5) is 36.4. The number of amides is 3. The van der Waals surface area contributed by atoms with Gasteiger partial charge in [-0.2, -0.15) is 0 Å². The van der Waals surface area contributed by atoms with Gasteiger partial charge in [-0.1, -0.05) is 18.2 Å². The second kappa shape index (κ2) is 7.86. The number of carbonyl (C=O) groups is 2. The lowest BCUT2D eigenvalue weighted by Crippen LogP contribution is -2.36. The molecule has 3 rings (SSSR count). The van der Waals surface area contributed by atoms with Crippen LogP contribution < -0.4 is 10.6 Å². The van der Waals surface area contributed by atoms with E-state index in [2.05, 4.69) is 10.6 Å². The number of hydrogen-bond acceptors (Lipinski definition) is 4. The number of nitrogens with one attached hydrogen (secondary N) is 2. The number of nitro groups is 1. The zero-order valence-electron chi connectivity index (χ0n) is 14.8. The molecular weight excluding hydrogens is 348 g/mol. The number of rotatable bonds is 6. The number of anilines is 1. The number of benzene rings is 2. The molecule has 0 spiro atoms. The molecular formula is C19H20N4O4. The summed E-state index contributed by atoms with van der Waals surface area (Å²) in [5.74, 6) is -0.163. The van der Waals surface area contributed by atoms with Gasteiger partial charge < -0.3 is 15.5 Å². The Labute approximate surface area is 156 Å². The van der Waals surface area contributed by atoms with Crippen LogP contribution in [0.3, 0.4) is 0 Å². The normalized spacial score (nSPS) is 12.9. The van der Waals surface area contributed by atoms with E-state index in [-0.39, 0.29) is 23.7 Å². The molecule has 2 N–H and O–H groups in total. The van der Waals surface area contributed by atoms with Crippen LogP contribution in [-0.2, 0) is 6.54 Å². The molecule has 0 aliphatic heterocycles. The fourth-order valence-electron chi connectivity index (χ4n) is 2.75. The molecule has 27 heavy (non-hydrogen) atoms. The monoisotopic (exact) mass is 368 g/mol. The molecule has 1 fully saturated rings. The molecule has 0 radical (unpaired) electrons. The molecule has 1 aliphatic carbocycles. The van der Waals surface area contributed by atoms with Crippen molar-refractivity contribution in [3.63, 3.8) is 0 Å². The molecule has 0 unspecified atom stereocenters. The third-order valence-corrected chi connectivity index (χ3v) is 4.35. The largest absolute Gasteiger partial charge is 0.355 e. The quantitative estimate of drug-likeness (QED) is 0.603. The summed E-state index contributed by atoms with van der Waals surface area (Å²) in [5, 5.41) is 16.2. The van der Waals surface area contributed by atoms with E-state index in [4.69, 9.17) is 0 Å². The predicted molar refractivity (Wildman–Crippen MR) is 101 cm³/mol. The number of carbonyl (C=O) groups excluding carboxylic acids is 2. The van der Waals surface area contributed by atoms with Crippen molar-refractivity contribution in [2.24, 2.45) is 0 Å². The summed E-state index contributed by atoms with van der Waals surface area (Å²) in [5.41, 5.74) is 1.77. The highest BCUT2D eigenvalue weighted by molar-refractivity contribution is 5.94. The lowest BCUT2D eigenvalue weighted by molar-refractivity contribution is -0.384. The van der Waals surface area contributed by atoms with Gasteiger partial charge in [-0.05, 0) is 36.6 Å². The lowest BCUT2D eigenvalue weighted by Gasteiger charge is -2.23. The van der Waals surface area contributed by atoms with Crippen molar-refractivity contribution in [3.8, 4) is 0 Å². The van der Waals surface area contributed by atoms with Crippen LogP contribution in [0.1, 0.15) is 28.8 Å². The molecule has 140 valence electrons. The molecule has 8 heteroatoms. The molecule has 1 aliphatic rings. The smallest absolute Gasteiger partial charge is 0.322 e. The van der Waals surface area contributed by atoms with Crippen LogP contribution in [0.4, 0.5) is 16.2 Å². The zero-order chi connectivity index (χ0) is 19.4. The molecule has 3 amide bonds. The Hall–Kier alpha value is -3.42. The van der Waals surface area contributed by atoms with Gasteiger partial charge in [-0.3, -0.25) is 14.9 Å². The lowest BCUT2D eigenvalue weighted by atomic mass is 10.1. The molecule has 2 aromatic carbocycles. The van der Waals surface area contributed by atoms with Gasteiger partial charge in [0.05, 0.1) is 4.92 Å². The maximum absolute atomic E-state index is 12.7.